The van der Waals surface area contributed by atoms with Gasteiger partial charge in [-0.2, -0.15) is 0 Å². The van der Waals surface area contributed by atoms with Crippen LogP contribution in [0.2, 0.25) is 0 Å². The molecule has 1 aromatic carbocycles. The Morgan fingerprint density at radius 2 is 1.92 bits per heavy atom. The summed E-state index contributed by atoms with van der Waals surface area (Å²) in [4.78, 5) is 14.3. The van der Waals surface area contributed by atoms with E-state index in [0.717, 1.165) is 50.1 Å². The molecule has 1 unspecified atom stereocenters. The molecule has 1 N–H and O–H groups in total. The van der Waals surface area contributed by atoms with Crippen molar-refractivity contribution in [2.45, 2.75) is 55.5 Å². The molecule has 2 heterocycles. The first-order valence-electron chi connectivity index (χ1n) is 9.26. The maximum atomic E-state index is 11.8. The fourth-order valence-corrected chi connectivity index (χ4v) is 5.44. The number of likely N-dealkylation sites (tertiary alicyclic amines) is 1. The van der Waals surface area contributed by atoms with Gasteiger partial charge in [-0.1, -0.05) is 6.07 Å². The van der Waals surface area contributed by atoms with Gasteiger partial charge in [-0.05, 0) is 63.4 Å². The lowest BCUT2D eigenvalue weighted by Gasteiger charge is -2.49. The van der Waals surface area contributed by atoms with Crippen molar-refractivity contribution in [1.29, 1.82) is 0 Å². The van der Waals surface area contributed by atoms with Crippen molar-refractivity contribution in [1.82, 2.24) is 10.2 Å². The summed E-state index contributed by atoms with van der Waals surface area (Å²) < 4.78 is 11.0. The van der Waals surface area contributed by atoms with E-state index >= 15 is 0 Å². The van der Waals surface area contributed by atoms with Crippen molar-refractivity contribution in [3.05, 3.63) is 23.8 Å². The molecule has 3 aliphatic rings. The van der Waals surface area contributed by atoms with Crippen LogP contribution >= 0.6 is 0 Å². The number of fused-ring (bicyclic) bond motifs is 1. The van der Waals surface area contributed by atoms with Crippen molar-refractivity contribution in [3.8, 4) is 11.5 Å². The molecule has 1 amide bonds. The van der Waals surface area contributed by atoms with Crippen LogP contribution in [0.15, 0.2) is 18.2 Å². The normalized spacial score (nSPS) is 34.8. The van der Waals surface area contributed by atoms with E-state index in [2.05, 4.69) is 29.4 Å². The molecule has 5 heteroatoms. The summed E-state index contributed by atoms with van der Waals surface area (Å²) in [5.41, 5.74) is 1.51. The molecule has 1 spiro atoms. The predicted molar refractivity (Wildman–Crippen MR) is 96.2 cm³/mol. The lowest BCUT2D eigenvalue weighted by atomic mass is 9.61. The van der Waals surface area contributed by atoms with Gasteiger partial charge in [0, 0.05) is 23.4 Å². The third kappa shape index (κ3) is 2.51. The van der Waals surface area contributed by atoms with Crippen molar-refractivity contribution in [2.75, 3.05) is 27.8 Å². The monoisotopic (exact) mass is 344 g/mol. The Labute approximate surface area is 149 Å². The van der Waals surface area contributed by atoms with Crippen LogP contribution in [0.25, 0.3) is 0 Å². The van der Waals surface area contributed by atoms with Gasteiger partial charge >= 0.3 is 0 Å². The van der Waals surface area contributed by atoms with Crippen LogP contribution < -0.4 is 14.8 Å². The van der Waals surface area contributed by atoms with Crippen LogP contribution in [-0.4, -0.2) is 50.2 Å². The number of carbonyl (C=O) groups excluding carboxylic acids is 1. The highest BCUT2D eigenvalue weighted by Crippen LogP contribution is 2.53. The van der Waals surface area contributed by atoms with Gasteiger partial charge in [-0.3, -0.25) is 4.79 Å². The molecule has 1 saturated carbocycles. The van der Waals surface area contributed by atoms with Gasteiger partial charge in [0.15, 0.2) is 11.5 Å². The predicted octanol–water partition coefficient (Wildman–Crippen LogP) is 2.48. The number of rotatable bonds is 3. The Morgan fingerprint density at radius 3 is 2.60 bits per heavy atom. The minimum atomic E-state index is 0.0143. The second-order valence-corrected chi connectivity index (χ2v) is 8.00. The first-order chi connectivity index (χ1) is 12.0. The standard InChI is InChI=1S/C20H28N2O3/c1-22-11-10-20(14-4-5-15(24-2)16(12-14)25-3)9-8-19(13-17(20)22)7-6-18(23)21-19/h4-5,12,17H,6-11,13H2,1-3H3,(H,21,23)/t17-,19?,20-/m0/s1. The number of benzene rings is 1. The summed E-state index contributed by atoms with van der Waals surface area (Å²) in [6.45, 7) is 1.10. The SMILES string of the molecule is COc1ccc([C@]23CCN(C)[C@H]2CC2(CCC(=O)N2)CC3)cc1OC. The van der Waals surface area contributed by atoms with Gasteiger partial charge in [-0.25, -0.2) is 0 Å². The molecule has 0 radical (unpaired) electrons. The molecule has 2 aliphatic heterocycles. The molecular weight excluding hydrogens is 316 g/mol. The number of ether oxygens (including phenoxy) is 2. The molecule has 3 atom stereocenters. The summed E-state index contributed by atoms with van der Waals surface area (Å²) in [5, 5.41) is 3.30. The highest BCUT2D eigenvalue weighted by atomic mass is 16.5. The average molecular weight is 344 g/mol. The van der Waals surface area contributed by atoms with Crippen molar-refractivity contribution in [2.24, 2.45) is 0 Å². The van der Waals surface area contributed by atoms with Crippen LogP contribution in [0.4, 0.5) is 0 Å². The van der Waals surface area contributed by atoms with E-state index in [1.54, 1.807) is 14.2 Å². The van der Waals surface area contributed by atoms with Crippen LogP contribution in [-0.2, 0) is 10.2 Å². The number of nitrogens with one attached hydrogen (secondary N) is 1. The zero-order valence-corrected chi connectivity index (χ0v) is 15.4. The zero-order valence-electron chi connectivity index (χ0n) is 15.4. The smallest absolute Gasteiger partial charge is 0.220 e. The van der Waals surface area contributed by atoms with E-state index in [4.69, 9.17) is 9.47 Å². The highest BCUT2D eigenvalue weighted by Gasteiger charge is 2.55. The minimum Gasteiger partial charge on any atom is -0.493 e. The third-order valence-electron chi connectivity index (χ3n) is 6.91. The van der Waals surface area contributed by atoms with Crippen molar-refractivity contribution >= 4 is 5.91 Å². The summed E-state index contributed by atoms with van der Waals surface area (Å²) in [6.07, 6.45) is 6.05. The maximum Gasteiger partial charge on any atom is 0.220 e. The fraction of sp³-hybridized carbons (Fsp3) is 0.650. The first-order valence-corrected chi connectivity index (χ1v) is 9.26. The number of carbonyl (C=O) groups is 1. The Morgan fingerprint density at radius 1 is 1.12 bits per heavy atom. The molecule has 0 aromatic heterocycles. The van der Waals surface area contributed by atoms with Crippen LogP contribution in [0.3, 0.4) is 0 Å². The van der Waals surface area contributed by atoms with Crippen LogP contribution in [0, 0.1) is 0 Å². The second-order valence-electron chi connectivity index (χ2n) is 8.00. The molecule has 3 fully saturated rings. The quantitative estimate of drug-likeness (QED) is 0.915. The van der Waals surface area contributed by atoms with E-state index < -0.39 is 0 Å². The van der Waals surface area contributed by atoms with Gasteiger partial charge in [0.1, 0.15) is 0 Å². The Balaban J connectivity index is 1.70. The van der Waals surface area contributed by atoms with Gasteiger partial charge in [-0.15, -0.1) is 0 Å². The Kier molecular flexibility index (Phi) is 3.95. The first kappa shape index (κ1) is 16.7. The zero-order chi connectivity index (χ0) is 17.7. The summed E-state index contributed by atoms with van der Waals surface area (Å²) in [7, 11) is 5.60. The largest absolute Gasteiger partial charge is 0.493 e. The van der Waals surface area contributed by atoms with Crippen molar-refractivity contribution < 1.29 is 14.3 Å². The molecule has 5 nitrogen and oxygen atoms in total. The number of nitrogens with zero attached hydrogens (tertiary/aromatic N) is 1. The van der Waals surface area contributed by atoms with Gasteiger partial charge in [0.2, 0.25) is 5.91 Å². The van der Waals surface area contributed by atoms with E-state index in [1.165, 1.54) is 5.56 Å². The molecule has 0 bridgehead atoms. The molecule has 1 aromatic rings. The lowest BCUT2D eigenvalue weighted by Crippen LogP contribution is -2.56. The maximum absolute atomic E-state index is 11.8. The number of likely N-dealkylation sites (N-methyl/N-ethyl adjacent to an activating group) is 1. The summed E-state index contributed by atoms with van der Waals surface area (Å²) in [5.74, 6) is 1.80. The number of hydrogen-bond donors (Lipinski definition) is 1. The number of amides is 1. The third-order valence-corrected chi connectivity index (χ3v) is 6.91. The Bertz CT molecular complexity index is 692. The fourth-order valence-electron chi connectivity index (χ4n) is 5.44. The lowest BCUT2D eigenvalue weighted by molar-refractivity contribution is -0.120. The molecular formula is C20H28N2O3. The summed E-state index contributed by atoms with van der Waals surface area (Å²) >= 11 is 0. The van der Waals surface area contributed by atoms with E-state index in [1.807, 2.05) is 6.07 Å². The number of methoxy groups -OCH3 is 2. The van der Waals surface area contributed by atoms with Crippen LogP contribution in [0.1, 0.15) is 44.1 Å². The average Bonchev–Trinajstić information content (AvgIpc) is 3.16. The van der Waals surface area contributed by atoms with Crippen LogP contribution in [0.5, 0.6) is 11.5 Å². The second kappa shape index (κ2) is 5.90. The molecule has 136 valence electrons. The van der Waals surface area contributed by atoms with Gasteiger partial charge in [0.05, 0.1) is 14.2 Å². The van der Waals surface area contributed by atoms with Gasteiger partial charge in [0.25, 0.3) is 0 Å². The molecule has 1 aliphatic carbocycles. The number of hydrogen-bond acceptors (Lipinski definition) is 4. The molecule has 4 rings (SSSR count). The van der Waals surface area contributed by atoms with E-state index in [-0.39, 0.29) is 16.9 Å². The topological polar surface area (TPSA) is 50.8 Å². The molecule has 25 heavy (non-hydrogen) atoms. The Hall–Kier alpha value is -1.75. The van der Waals surface area contributed by atoms with E-state index in [0.29, 0.717) is 12.5 Å². The van der Waals surface area contributed by atoms with Gasteiger partial charge < -0.3 is 19.7 Å². The summed E-state index contributed by atoms with van der Waals surface area (Å²) in [6, 6.07) is 6.85. The van der Waals surface area contributed by atoms with Crippen molar-refractivity contribution in [3.63, 3.8) is 0 Å². The molecule has 2 saturated heterocycles. The van der Waals surface area contributed by atoms with E-state index in [9.17, 15) is 4.79 Å². The highest BCUT2D eigenvalue weighted by molar-refractivity contribution is 5.79. The minimum absolute atomic E-state index is 0.0143.